The lowest BCUT2D eigenvalue weighted by molar-refractivity contribution is 0.0478. The standard InChI is InChI=1S/C13H13NO3S/c1-8-11(14)6-12(18-8)13(16)17-7-9-3-2-4-10(15)5-9/h2-6,15H,7,14H2,1H3. The summed E-state index contributed by atoms with van der Waals surface area (Å²) < 4.78 is 5.14. The first-order chi connectivity index (χ1) is 8.56. The fourth-order valence-electron chi connectivity index (χ4n) is 1.46. The number of anilines is 1. The average Bonchev–Trinajstić information content (AvgIpc) is 2.67. The molecule has 3 N–H and O–H groups in total. The number of esters is 1. The molecule has 0 amide bonds. The van der Waals surface area contributed by atoms with E-state index in [9.17, 15) is 9.90 Å². The SMILES string of the molecule is Cc1sc(C(=O)OCc2cccc(O)c2)cc1N. The summed E-state index contributed by atoms with van der Waals surface area (Å²) in [4.78, 5) is 13.1. The van der Waals surface area contributed by atoms with E-state index in [1.807, 2.05) is 6.92 Å². The summed E-state index contributed by atoms with van der Waals surface area (Å²) >= 11 is 1.31. The second-order valence-corrected chi connectivity index (χ2v) is 5.12. The lowest BCUT2D eigenvalue weighted by Gasteiger charge is -2.03. The smallest absolute Gasteiger partial charge is 0.348 e. The number of aromatic hydroxyl groups is 1. The van der Waals surface area contributed by atoms with Crippen LogP contribution in [0, 0.1) is 6.92 Å². The van der Waals surface area contributed by atoms with Gasteiger partial charge in [-0.2, -0.15) is 0 Å². The molecule has 0 radical (unpaired) electrons. The summed E-state index contributed by atoms with van der Waals surface area (Å²) in [5.74, 6) is -0.247. The predicted octanol–water partition coefficient (Wildman–Crippen LogP) is 2.70. The second kappa shape index (κ2) is 5.10. The molecule has 0 aliphatic rings. The van der Waals surface area contributed by atoms with Crippen molar-refractivity contribution in [3.8, 4) is 5.75 Å². The summed E-state index contributed by atoms with van der Waals surface area (Å²) in [6, 6.07) is 8.22. The topological polar surface area (TPSA) is 72.5 Å². The number of aryl methyl sites for hydroxylation is 1. The Labute approximate surface area is 109 Å². The van der Waals surface area contributed by atoms with Crippen molar-refractivity contribution in [1.82, 2.24) is 0 Å². The number of carbonyl (C=O) groups is 1. The number of phenolic OH excluding ortho intramolecular Hbond substituents is 1. The third-order valence-electron chi connectivity index (χ3n) is 2.44. The summed E-state index contributed by atoms with van der Waals surface area (Å²) in [6.45, 7) is 1.98. The van der Waals surface area contributed by atoms with Crippen molar-refractivity contribution in [2.45, 2.75) is 13.5 Å². The van der Waals surface area contributed by atoms with Gasteiger partial charge in [-0.1, -0.05) is 12.1 Å². The first kappa shape index (κ1) is 12.4. The monoisotopic (exact) mass is 263 g/mol. The average molecular weight is 263 g/mol. The van der Waals surface area contributed by atoms with Gasteiger partial charge in [-0.05, 0) is 30.7 Å². The van der Waals surface area contributed by atoms with Crippen LogP contribution in [0.15, 0.2) is 30.3 Å². The molecule has 0 saturated heterocycles. The zero-order valence-electron chi connectivity index (χ0n) is 9.84. The Morgan fingerprint density at radius 2 is 2.22 bits per heavy atom. The molecule has 94 valence electrons. The van der Waals surface area contributed by atoms with E-state index >= 15 is 0 Å². The van der Waals surface area contributed by atoms with Gasteiger partial charge in [0.15, 0.2) is 0 Å². The van der Waals surface area contributed by atoms with Crippen LogP contribution in [0.25, 0.3) is 0 Å². The minimum absolute atomic E-state index is 0.129. The fourth-order valence-corrected chi connectivity index (χ4v) is 2.30. The largest absolute Gasteiger partial charge is 0.508 e. The number of ether oxygens (including phenoxy) is 1. The maximum Gasteiger partial charge on any atom is 0.348 e. The van der Waals surface area contributed by atoms with Crippen LogP contribution in [0.5, 0.6) is 5.75 Å². The van der Waals surface area contributed by atoms with Crippen LogP contribution in [-0.4, -0.2) is 11.1 Å². The van der Waals surface area contributed by atoms with Crippen LogP contribution < -0.4 is 5.73 Å². The molecule has 1 aromatic heterocycles. The lowest BCUT2D eigenvalue weighted by atomic mass is 10.2. The van der Waals surface area contributed by atoms with E-state index in [2.05, 4.69) is 0 Å². The number of hydrogen-bond acceptors (Lipinski definition) is 5. The molecule has 4 nitrogen and oxygen atoms in total. The summed E-state index contributed by atoms with van der Waals surface area (Å²) in [6.07, 6.45) is 0. The highest BCUT2D eigenvalue weighted by atomic mass is 32.1. The molecule has 0 spiro atoms. The molecule has 0 aliphatic heterocycles. The maximum atomic E-state index is 11.7. The van der Waals surface area contributed by atoms with Gasteiger partial charge in [0.25, 0.3) is 0 Å². The Kier molecular flexibility index (Phi) is 3.53. The number of rotatable bonds is 3. The third kappa shape index (κ3) is 2.81. The van der Waals surface area contributed by atoms with Gasteiger partial charge in [-0.3, -0.25) is 0 Å². The Bertz CT molecular complexity index is 558. The van der Waals surface area contributed by atoms with Crippen LogP contribution in [0.2, 0.25) is 0 Å². The highest BCUT2D eigenvalue weighted by molar-refractivity contribution is 7.14. The highest BCUT2D eigenvalue weighted by Gasteiger charge is 2.12. The number of thiophene rings is 1. The Balaban J connectivity index is 2.00. The summed E-state index contributed by atoms with van der Waals surface area (Å²) in [5, 5.41) is 9.28. The number of phenols is 1. The molecular formula is C13H13NO3S. The van der Waals surface area contributed by atoms with Crippen molar-refractivity contribution in [1.29, 1.82) is 0 Å². The molecule has 1 aromatic carbocycles. The lowest BCUT2D eigenvalue weighted by Crippen LogP contribution is -2.03. The highest BCUT2D eigenvalue weighted by Crippen LogP contribution is 2.24. The molecule has 0 atom stereocenters. The zero-order chi connectivity index (χ0) is 13.1. The number of carbonyl (C=O) groups excluding carboxylic acids is 1. The Hall–Kier alpha value is -2.01. The number of benzene rings is 1. The van der Waals surface area contributed by atoms with Crippen LogP contribution in [0.1, 0.15) is 20.1 Å². The Morgan fingerprint density at radius 3 is 2.83 bits per heavy atom. The minimum atomic E-state index is -0.400. The molecule has 18 heavy (non-hydrogen) atoms. The van der Waals surface area contributed by atoms with E-state index in [0.717, 1.165) is 10.4 Å². The van der Waals surface area contributed by atoms with Crippen molar-refractivity contribution < 1.29 is 14.6 Å². The van der Waals surface area contributed by atoms with Gasteiger partial charge in [0.2, 0.25) is 0 Å². The number of nitrogen functional groups attached to an aromatic ring is 1. The van der Waals surface area contributed by atoms with Crippen LogP contribution in [0.3, 0.4) is 0 Å². The zero-order valence-corrected chi connectivity index (χ0v) is 10.7. The fraction of sp³-hybridized carbons (Fsp3) is 0.154. The molecular weight excluding hydrogens is 250 g/mol. The van der Waals surface area contributed by atoms with Crippen molar-refractivity contribution in [3.05, 3.63) is 45.6 Å². The number of hydrogen-bond donors (Lipinski definition) is 2. The molecule has 1 heterocycles. The molecule has 0 aliphatic carbocycles. The van der Waals surface area contributed by atoms with Crippen LogP contribution in [-0.2, 0) is 11.3 Å². The van der Waals surface area contributed by atoms with Crippen LogP contribution >= 0.6 is 11.3 Å². The Morgan fingerprint density at radius 1 is 1.44 bits per heavy atom. The normalized spacial score (nSPS) is 10.3. The number of nitrogens with two attached hydrogens (primary N) is 1. The first-order valence-electron chi connectivity index (χ1n) is 5.37. The summed E-state index contributed by atoms with van der Waals surface area (Å²) in [7, 11) is 0. The van der Waals surface area contributed by atoms with Gasteiger partial charge >= 0.3 is 5.97 Å². The molecule has 0 fully saturated rings. The molecule has 5 heteroatoms. The van der Waals surface area contributed by atoms with Crippen molar-refractivity contribution in [2.24, 2.45) is 0 Å². The molecule has 2 aromatic rings. The molecule has 0 saturated carbocycles. The van der Waals surface area contributed by atoms with Crippen LogP contribution in [0.4, 0.5) is 5.69 Å². The quantitative estimate of drug-likeness (QED) is 0.835. The van der Waals surface area contributed by atoms with E-state index in [1.165, 1.54) is 11.3 Å². The second-order valence-electron chi connectivity index (χ2n) is 3.87. The van der Waals surface area contributed by atoms with Gasteiger partial charge in [0, 0.05) is 10.6 Å². The molecule has 0 bridgehead atoms. The van der Waals surface area contributed by atoms with Gasteiger partial charge in [-0.25, -0.2) is 4.79 Å². The van der Waals surface area contributed by atoms with Crippen molar-refractivity contribution >= 4 is 23.0 Å². The maximum absolute atomic E-state index is 11.7. The predicted molar refractivity (Wildman–Crippen MR) is 70.7 cm³/mol. The van der Waals surface area contributed by atoms with E-state index in [1.54, 1.807) is 30.3 Å². The van der Waals surface area contributed by atoms with E-state index in [-0.39, 0.29) is 12.4 Å². The van der Waals surface area contributed by atoms with Gasteiger partial charge in [0.1, 0.15) is 17.2 Å². The first-order valence-corrected chi connectivity index (χ1v) is 6.19. The summed E-state index contributed by atoms with van der Waals surface area (Å²) in [5.41, 5.74) is 7.02. The van der Waals surface area contributed by atoms with Gasteiger partial charge in [-0.15, -0.1) is 11.3 Å². The van der Waals surface area contributed by atoms with E-state index in [0.29, 0.717) is 10.6 Å². The molecule has 0 unspecified atom stereocenters. The minimum Gasteiger partial charge on any atom is -0.508 e. The molecule has 2 rings (SSSR count). The van der Waals surface area contributed by atoms with Gasteiger partial charge in [0.05, 0.1) is 0 Å². The van der Waals surface area contributed by atoms with Crippen molar-refractivity contribution in [2.75, 3.05) is 5.73 Å². The van der Waals surface area contributed by atoms with Crippen molar-refractivity contribution in [3.63, 3.8) is 0 Å². The van der Waals surface area contributed by atoms with E-state index in [4.69, 9.17) is 10.5 Å². The van der Waals surface area contributed by atoms with Gasteiger partial charge < -0.3 is 15.6 Å². The van der Waals surface area contributed by atoms with E-state index < -0.39 is 5.97 Å². The third-order valence-corrected chi connectivity index (χ3v) is 3.48.